The van der Waals surface area contributed by atoms with E-state index in [1.807, 2.05) is 29.2 Å². The number of benzene rings is 1. The molecular weight excluding hydrogens is 382 g/mol. The summed E-state index contributed by atoms with van der Waals surface area (Å²) in [6.45, 7) is 3.89. The molecule has 30 heavy (non-hydrogen) atoms. The number of hydrogen-bond donors (Lipinski definition) is 1. The highest BCUT2D eigenvalue weighted by Gasteiger charge is 2.34. The van der Waals surface area contributed by atoms with Gasteiger partial charge in [0.15, 0.2) is 0 Å². The number of furan rings is 1. The first-order chi connectivity index (χ1) is 14.7. The number of likely N-dealkylation sites (tertiary alicyclic amines) is 1. The molecule has 0 aliphatic carbocycles. The monoisotopic (exact) mass is 411 g/mol. The maximum absolute atomic E-state index is 12.9. The van der Waals surface area contributed by atoms with E-state index in [2.05, 4.69) is 22.3 Å². The molecule has 2 aromatic rings. The second-order valence-electron chi connectivity index (χ2n) is 7.99. The third kappa shape index (κ3) is 5.29. The zero-order valence-corrected chi connectivity index (χ0v) is 17.2. The van der Waals surface area contributed by atoms with E-state index in [9.17, 15) is 9.59 Å². The first-order valence-electron chi connectivity index (χ1n) is 10.6. The van der Waals surface area contributed by atoms with Crippen LogP contribution in [0.5, 0.6) is 0 Å². The van der Waals surface area contributed by atoms with Crippen LogP contribution in [0, 0.1) is 0 Å². The lowest BCUT2D eigenvalue weighted by molar-refractivity contribution is -0.140. The lowest BCUT2D eigenvalue weighted by Gasteiger charge is -2.37. The molecule has 1 aromatic carbocycles. The van der Waals surface area contributed by atoms with E-state index in [1.165, 1.54) is 0 Å². The molecule has 2 saturated heterocycles. The summed E-state index contributed by atoms with van der Waals surface area (Å²) in [5.41, 5.74) is 2.18. The number of hydrogen-bond acceptors (Lipinski definition) is 5. The van der Waals surface area contributed by atoms with E-state index in [0.717, 1.165) is 30.5 Å². The summed E-state index contributed by atoms with van der Waals surface area (Å²) in [4.78, 5) is 29.3. The van der Waals surface area contributed by atoms with E-state index in [0.29, 0.717) is 32.8 Å². The molecule has 0 saturated carbocycles. The van der Waals surface area contributed by atoms with Crippen LogP contribution in [0.15, 0.2) is 53.3 Å². The molecule has 2 fully saturated rings. The third-order valence-electron chi connectivity index (χ3n) is 5.90. The van der Waals surface area contributed by atoms with Gasteiger partial charge < -0.3 is 19.4 Å². The number of carbonyl (C=O) groups excluding carboxylic acids is 2. The van der Waals surface area contributed by atoms with Crippen LogP contribution in [0.4, 0.5) is 0 Å². The van der Waals surface area contributed by atoms with E-state index >= 15 is 0 Å². The van der Waals surface area contributed by atoms with Crippen molar-refractivity contribution in [3.8, 4) is 0 Å². The number of carbonyl (C=O) groups is 2. The second kappa shape index (κ2) is 9.91. The van der Waals surface area contributed by atoms with Crippen LogP contribution >= 0.6 is 0 Å². The second-order valence-corrected chi connectivity index (χ2v) is 7.99. The van der Waals surface area contributed by atoms with Crippen molar-refractivity contribution in [1.82, 2.24) is 15.1 Å². The molecule has 1 N–H and O–H groups in total. The molecule has 0 unspecified atom stereocenters. The van der Waals surface area contributed by atoms with Gasteiger partial charge in [0.1, 0.15) is 0 Å². The molecule has 3 heterocycles. The molecule has 1 aromatic heterocycles. The number of amides is 2. The smallest absolute Gasteiger partial charge is 0.237 e. The Kier molecular flexibility index (Phi) is 6.81. The molecule has 2 aliphatic rings. The van der Waals surface area contributed by atoms with E-state index < -0.39 is 6.04 Å². The van der Waals surface area contributed by atoms with Gasteiger partial charge in [0.25, 0.3) is 0 Å². The Bertz CT molecular complexity index is 816. The molecule has 7 heteroatoms. The SMILES string of the molecule is O=C1NCCN(Cc2ccoc2)[C@H]1CC(=O)N1CCC(OCc2ccccc2)CC1. The summed E-state index contributed by atoms with van der Waals surface area (Å²) < 4.78 is 11.2. The Balaban J connectivity index is 1.26. The lowest BCUT2D eigenvalue weighted by atomic mass is 10.0. The molecule has 0 radical (unpaired) electrons. The van der Waals surface area contributed by atoms with E-state index in [-0.39, 0.29) is 24.3 Å². The van der Waals surface area contributed by atoms with Crippen LogP contribution in [0.1, 0.15) is 30.4 Å². The van der Waals surface area contributed by atoms with Gasteiger partial charge in [-0.05, 0) is 24.5 Å². The molecule has 160 valence electrons. The number of rotatable bonds is 7. The normalized spacial score (nSPS) is 20.9. The number of piperidine rings is 1. The summed E-state index contributed by atoms with van der Waals surface area (Å²) in [5, 5.41) is 2.89. The van der Waals surface area contributed by atoms with Crippen molar-refractivity contribution in [2.24, 2.45) is 0 Å². The average molecular weight is 412 g/mol. The molecule has 0 spiro atoms. The topological polar surface area (TPSA) is 75.0 Å². The standard InChI is InChI=1S/C23H29N3O4/c27-22(14-21-23(28)24-9-12-26(21)15-19-8-13-29-16-19)25-10-6-20(7-11-25)30-17-18-4-2-1-3-5-18/h1-5,8,13,16,20-21H,6-7,9-12,14-15,17H2,(H,24,28)/t21-/m0/s1. The van der Waals surface area contributed by atoms with Crippen molar-refractivity contribution in [2.45, 2.75) is 44.6 Å². The third-order valence-corrected chi connectivity index (χ3v) is 5.90. The van der Waals surface area contributed by atoms with Crippen molar-refractivity contribution in [2.75, 3.05) is 26.2 Å². The first-order valence-corrected chi connectivity index (χ1v) is 10.6. The quantitative estimate of drug-likeness (QED) is 0.756. The number of nitrogens with zero attached hydrogens (tertiary/aromatic N) is 2. The number of nitrogens with one attached hydrogen (secondary N) is 1. The van der Waals surface area contributed by atoms with Gasteiger partial charge in [-0.25, -0.2) is 0 Å². The zero-order valence-electron chi connectivity index (χ0n) is 17.2. The van der Waals surface area contributed by atoms with Gasteiger partial charge in [-0.1, -0.05) is 30.3 Å². The molecule has 1 atom stereocenters. The number of piperazine rings is 1. The average Bonchev–Trinajstić information content (AvgIpc) is 3.29. The maximum Gasteiger partial charge on any atom is 0.237 e. The minimum atomic E-state index is -0.437. The summed E-state index contributed by atoms with van der Waals surface area (Å²) in [6, 6.07) is 11.6. The largest absolute Gasteiger partial charge is 0.472 e. The van der Waals surface area contributed by atoms with Crippen LogP contribution in [0.25, 0.3) is 0 Å². The molecule has 2 aliphatic heterocycles. The molecule has 7 nitrogen and oxygen atoms in total. The maximum atomic E-state index is 12.9. The minimum Gasteiger partial charge on any atom is -0.472 e. The van der Waals surface area contributed by atoms with Gasteiger partial charge in [0, 0.05) is 38.3 Å². The molecule has 4 rings (SSSR count). The fourth-order valence-corrected chi connectivity index (χ4v) is 4.15. The Labute approximate surface area is 177 Å². The van der Waals surface area contributed by atoms with Gasteiger partial charge >= 0.3 is 0 Å². The Morgan fingerprint density at radius 1 is 1.10 bits per heavy atom. The summed E-state index contributed by atoms with van der Waals surface area (Å²) in [5.74, 6) is -0.0325. The van der Waals surface area contributed by atoms with Crippen LogP contribution in [0.3, 0.4) is 0 Å². The van der Waals surface area contributed by atoms with E-state index in [1.54, 1.807) is 12.5 Å². The highest BCUT2D eigenvalue weighted by molar-refractivity contribution is 5.88. The van der Waals surface area contributed by atoms with Gasteiger partial charge in [-0.15, -0.1) is 0 Å². The Morgan fingerprint density at radius 3 is 2.63 bits per heavy atom. The van der Waals surface area contributed by atoms with Gasteiger partial charge in [0.2, 0.25) is 11.8 Å². The van der Waals surface area contributed by atoms with Crippen molar-refractivity contribution in [3.05, 3.63) is 60.1 Å². The Morgan fingerprint density at radius 2 is 1.90 bits per heavy atom. The van der Waals surface area contributed by atoms with Crippen LogP contribution in [0.2, 0.25) is 0 Å². The summed E-state index contributed by atoms with van der Waals surface area (Å²) >= 11 is 0. The molecular formula is C23H29N3O4. The van der Waals surface area contributed by atoms with Crippen LogP contribution in [-0.4, -0.2) is 59.9 Å². The van der Waals surface area contributed by atoms with Crippen LogP contribution < -0.4 is 5.32 Å². The van der Waals surface area contributed by atoms with Crippen molar-refractivity contribution < 1.29 is 18.7 Å². The summed E-state index contributed by atoms with van der Waals surface area (Å²) in [6.07, 6.45) is 5.35. The predicted octanol–water partition coefficient (Wildman–Crippen LogP) is 2.18. The van der Waals surface area contributed by atoms with Crippen LogP contribution in [-0.2, 0) is 27.5 Å². The highest BCUT2D eigenvalue weighted by Crippen LogP contribution is 2.19. The zero-order chi connectivity index (χ0) is 20.8. The lowest BCUT2D eigenvalue weighted by Crippen LogP contribution is -2.56. The predicted molar refractivity (Wildman–Crippen MR) is 111 cm³/mol. The van der Waals surface area contributed by atoms with Gasteiger partial charge in [-0.2, -0.15) is 0 Å². The molecule has 2 amide bonds. The van der Waals surface area contributed by atoms with Crippen molar-refractivity contribution >= 4 is 11.8 Å². The number of ether oxygens (including phenoxy) is 1. The Hall–Kier alpha value is -2.64. The van der Waals surface area contributed by atoms with Crippen molar-refractivity contribution in [1.29, 1.82) is 0 Å². The fraction of sp³-hybridized carbons (Fsp3) is 0.478. The fourth-order valence-electron chi connectivity index (χ4n) is 4.15. The van der Waals surface area contributed by atoms with Gasteiger partial charge in [-0.3, -0.25) is 14.5 Å². The van der Waals surface area contributed by atoms with Crippen molar-refractivity contribution in [3.63, 3.8) is 0 Å². The minimum absolute atomic E-state index is 0.0377. The van der Waals surface area contributed by atoms with Gasteiger partial charge in [0.05, 0.1) is 37.7 Å². The summed E-state index contributed by atoms with van der Waals surface area (Å²) in [7, 11) is 0. The first kappa shape index (κ1) is 20.6. The highest BCUT2D eigenvalue weighted by atomic mass is 16.5. The molecule has 0 bridgehead atoms. The van der Waals surface area contributed by atoms with E-state index in [4.69, 9.17) is 9.15 Å².